The van der Waals surface area contributed by atoms with E-state index < -0.39 is 23.4 Å². The number of hydrogen-bond donors (Lipinski definition) is 2. The molecule has 0 aliphatic heterocycles. The number of amides is 2. The molecule has 2 N–H and O–H groups in total. The van der Waals surface area contributed by atoms with Crippen molar-refractivity contribution in [2.75, 3.05) is 10.6 Å². The van der Waals surface area contributed by atoms with Gasteiger partial charge in [-0.15, -0.1) is 0 Å². The lowest BCUT2D eigenvalue weighted by atomic mass is 10.2. The summed E-state index contributed by atoms with van der Waals surface area (Å²) in [5, 5.41) is 5.07. The van der Waals surface area contributed by atoms with Crippen LogP contribution < -0.4 is 10.6 Å². The number of nitrogens with one attached hydrogen (secondary N) is 2. The van der Waals surface area contributed by atoms with Gasteiger partial charge in [-0.05, 0) is 66.2 Å². The summed E-state index contributed by atoms with van der Waals surface area (Å²) >= 11 is 0. The first kappa shape index (κ1) is 18.7. The van der Waals surface area contributed by atoms with Crippen LogP contribution in [0.15, 0.2) is 12.1 Å². The van der Waals surface area contributed by atoms with E-state index >= 15 is 0 Å². The Balaban J connectivity index is 2.79. The minimum atomic E-state index is -0.612. The fraction of sp³-hybridized carbons (Fsp3) is 0.562. The molecule has 7 nitrogen and oxygen atoms in total. The summed E-state index contributed by atoms with van der Waals surface area (Å²) in [7, 11) is 0. The van der Waals surface area contributed by atoms with Gasteiger partial charge in [0.15, 0.2) is 0 Å². The number of anilines is 2. The molecule has 1 aromatic rings. The predicted octanol–water partition coefficient (Wildman–Crippen LogP) is 4.08. The molecule has 0 spiro atoms. The SMILES string of the molecule is Cc1cc(NC(=O)OC(C)(C)C)nc(NC(=O)OC(C)(C)C)c1. The van der Waals surface area contributed by atoms with Crippen molar-refractivity contribution in [3.05, 3.63) is 17.7 Å². The number of carbonyl (C=O) groups is 2. The van der Waals surface area contributed by atoms with Crippen molar-refractivity contribution in [2.45, 2.75) is 59.7 Å². The van der Waals surface area contributed by atoms with E-state index in [1.165, 1.54) is 0 Å². The van der Waals surface area contributed by atoms with Gasteiger partial charge in [-0.2, -0.15) is 0 Å². The summed E-state index contributed by atoms with van der Waals surface area (Å²) in [5.41, 5.74) is -0.395. The van der Waals surface area contributed by atoms with Crippen LogP contribution in [0.5, 0.6) is 0 Å². The first-order chi connectivity index (χ1) is 10.3. The number of pyridine rings is 1. The molecule has 0 saturated carbocycles. The zero-order chi connectivity index (χ0) is 17.8. The van der Waals surface area contributed by atoms with Crippen LogP contribution in [0.25, 0.3) is 0 Å². The van der Waals surface area contributed by atoms with Gasteiger partial charge in [-0.1, -0.05) is 0 Å². The normalized spacial score (nSPS) is 11.6. The second kappa shape index (κ2) is 6.85. The topological polar surface area (TPSA) is 89.5 Å². The molecule has 0 atom stereocenters. The van der Waals surface area contributed by atoms with Crippen molar-refractivity contribution in [1.82, 2.24) is 4.98 Å². The zero-order valence-corrected chi connectivity index (χ0v) is 14.7. The Hall–Kier alpha value is -2.31. The van der Waals surface area contributed by atoms with E-state index in [0.717, 1.165) is 5.56 Å². The van der Waals surface area contributed by atoms with E-state index in [2.05, 4.69) is 15.6 Å². The van der Waals surface area contributed by atoms with Gasteiger partial charge in [0.05, 0.1) is 0 Å². The van der Waals surface area contributed by atoms with Crippen molar-refractivity contribution >= 4 is 23.8 Å². The third kappa shape index (κ3) is 8.04. The molecule has 0 bridgehead atoms. The van der Waals surface area contributed by atoms with Gasteiger partial charge >= 0.3 is 12.2 Å². The number of carbonyl (C=O) groups excluding carboxylic acids is 2. The highest BCUT2D eigenvalue weighted by Gasteiger charge is 2.18. The first-order valence-corrected chi connectivity index (χ1v) is 7.33. The maximum Gasteiger partial charge on any atom is 0.413 e. The average molecular weight is 323 g/mol. The molecule has 0 saturated heterocycles. The van der Waals surface area contributed by atoms with Gasteiger partial charge in [-0.3, -0.25) is 10.6 Å². The molecule has 0 aliphatic rings. The molecule has 1 heterocycles. The minimum absolute atomic E-state index is 0.283. The molecule has 1 rings (SSSR count). The molecule has 128 valence electrons. The van der Waals surface area contributed by atoms with E-state index in [-0.39, 0.29) is 11.6 Å². The van der Waals surface area contributed by atoms with E-state index in [9.17, 15) is 9.59 Å². The van der Waals surface area contributed by atoms with Crippen LogP contribution >= 0.6 is 0 Å². The monoisotopic (exact) mass is 323 g/mol. The smallest absolute Gasteiger partial charge is 0.413 e. The van der Waals surface area contributed by atoms with Crippen LogP contribution in [0.2, 0.25) is 0 Å². The molecule has 0 fully saturated rings. The lowest BCUT2D eigenvalue weighted by Gasteiger charge is -2.20. The second-order valence-electron chi connectivity index (χ2n) is 7.17. The van der Waals surface area contributed by atoms with E-state index in [0.29, 0.717) is 0 Å². The average Bonchev–Trinajstić information content (AvgIpc) is 2.20. The lowest BCUT2D eigenvalue weighted by molar-refractivity contribution is 0.0625. The van der Waals surface area contributed by atoms with E-state index in [4.69, 9.17) is 9.47 Å². The summed E-state index contributed by atoms with van der Waals surface area (Å²) in [6.07, 6.45) is -1.22. The molecule has 0 aromatic carbocycles. The Labute approximate surface area is 136 Å². The van der Waals surface area contributed by atoms with Crippen molar-refractivity contribution in [1.29, 1.82) is 0 Å². The number of aryl methyl sites for hydroxylation is 1. The summed E-state index contributed by atoms with van der Waals surface area (Å²) < 4.78 is 10.3. The molecule has 1 aromatic heterocycles. The van der Waals surface area contributed by atoms with Gasteiger partial charge in [0.1, 0.15) is 22.8 Å². The number of aromatic nitrogens is 1. The number of ether oxygens (including phenoxy) is 2. The summed E-state index contributed by atoms with van der Waals surface area (Å²) in [5.74, 6) is 0.565. The van der Waals surface area contributed by atoms with Crippen molar-refractivity contribution < 1.29 is 19.1 Å². The molecule has 0 radical (unpaired) electrons. The fourth-order valence-electron chi connectivity index (χ4n) is 1.61. The molecule has 0 aliphatic carbocycles. The Kier molecular flexibility index (Phi) is 5.58. The fourth-order valence-corrected chi connectivity index (χ4v) is 1.61. The molecule has 23 heavy (non-hydrogen) atoms. The van der Waals surface area contributed by atoms with Crippen LogP contribution in [-0.2, 0) is 9.47 Å². The number of nitrogens with zero attached hydrogens (tertiary/aromatic N) is 1. The predicted molar refractivity (Wildman–Crippen MR) is 88.7 cm³/mol. The maximum atomic E-state index is 11.8. The van der Waals surface area contributed by atoms with Crippen molar-refractivity contribution in [3.63, 3.8) is 0 Å². The third-order valence-electron chi connectivity index (χ3n) is 2.23. The number of hydrogen-bond acceptors (Lipinski definition) is 5. The quantitative estimate of drug-likeness (QED) is 0.855. The van der Waals surface area contributed by atoms with E-state index in [1.807, 2.05) is 6.92 Å². The van der Waals surface area contributed by atoms with Gasteiger partial charge in [0, 0.05) is 0 Å². The highest BCUT2D eigenvalue weighted by atomic mass is 16.6. The summed E-state index contributed by atoms with van der Waals surface area (Å²) in [6.45, 7) is 12.4. The minimum Gasteiger partial charge on any atom is -0.444 e. The lowest BCUT2D eigenvalue weighted by Crippen LogP contribution is -2.28. The first-order valence-electron chi connectivity index (χ1n) is 7.33. The van der Waals surface area contributed by atoms with Crippen molar-refractivity contribution in [3.8, 4) is 0 Å². The molecule has 7 heteroatoms. The third-order valence-corrected chi connectivity index (χ3v) is 2.23. The standard InChI is InChI=1S/C16H25N3O4/c1-10-8-11(18-13(20)22-15(2,3)4)17-12(9-10)19-14(21)23-16(5,6)7/h8-9H,1-7H3,(H2,17,18,19,20,21). The van der Waals surface area contributed by atoms with Crippen LogP contribution in [-0.4, -0.2) is 28.4 Å². The van der Waals surface area contributed by atoms with E-state index in [1.54, 1.807) is 53.7 Å². The summed E-state index contributed by atoms with van der Waals surface area (Å²) in [6, 6.07) is 3.34. The van der Waals surface area contributed by atoms with Gasteiger partial charge in [0.2, 0.25) is 0 Å². The second-order valence-corrected chi connectivity index (χ2v) is 7.17. The Bertz CT molecular complexity index is 538. The summed E-state index contributed by atoms with van der Waals surface area (Å²) in [4.78, 5) is 27.7. The Morgan fingerprint density at radius 1 is 0.870 bits per heavy atom. The molecule has 2 amide bonds. The number of rotatable bonds is 2. The maximum absolute atomic E-state index is 11.8. The molecular formula is C16H25N3O4. The largest absolute Gasteiger partial charge is 0.444 e. The highest BCUT2D eigenvalue weighted by Crippen LogP contribution is 2.16. The van der Waals surface area contributed by atoms with Crippen molar-refractivity contribution in [2.24, 2.45) is 0 Å². The Morgan fingerprint density at radius 2 is 1.22 bits per heavy atom. The van der Waals surface area contributed by atoms with Crippen LogP contribution in [0.4, 0.5) is 21.2 Å². The Morgan fingerprint density at radius 3 is 1.52 bits per heavy atom. The van der Waals surface area contributed by atoms with Gasteiger partial charge in [-0.25, -0.2) is 14.6 Å². The zero-order valence-electron chi connectivity index (χ0n) is 14.7. The highest BCUT2D eigenvalue weighted by molar-refractivity contribution is 5.86. The van der Waals surface area contributed by atoms with Gasteiger partial charge in [0.25, 0.3) is 0 Å². The van der Waals surface area contributed by atoms with Gasteiger partial charge < -0.3 is 9.47 Å². The van der Waals surface area contributed by atoms with Crippen LogP contribution in [0.1, 0.15) is 47.1 Å². The molecule has 0 unspecified atom stereocenters. The van der Waals surface area contributed by atoms with Crippen LogP contribution in [0, 0.1) is 6.92 Å². The van der Waals surface area contributed by atoms with Crippen LogP contribution in [0.3, 0.4) is 0 Å². The molecular weight excluding hydrogens is 298 g/mol.